The van der Waals surface area contributed by atoms with Crippen molar-refractivity contribution < 1.29 is 9.78 Å². The van der Waals surface area contributed by atoms with Crippen molar-refractivity contribution >= 4 is 11.7 Å². The molecule has 1 aromatic carbocycles. The average molecular weight is 321 g/mol. The molecule has 122 valence electrons. The smallest absolute Gasteiger partial charge is 0.270 e. The van der Waals surface area contributed by atoms with Gasteiger partial charge in [-0.15, -0.1) is 0 Å². The Morgan fingerprint density at radius 2 is 1.83 bits per heavy atom. The molecule has 24 heavy (non-hydrogen) atoms. The molecule has 3 N–H and O–H groups in total. The summed E-state index contributed by atoms with van der Waals surface area (Å²) < 4.78 is 0. The fourth-order valence-electron chi connectivity index (χ4n) is 3.74. The summed E-state index contributed by atoms with van der Waals surface area (Å²) in [5.41, 5.74) is 8.84. The molecule has 5 nitrogen and oxygen atoms in total. The lowest BCUT2D eigenvalue weighted by molar-refractivity contribution is -0.378. The standard InChI is InChI=1S/C19H20N4O/c24-18(14-7-11-20-12-8-14)23-22-17-16-6-2-1-5-15(16)13-19(21-17)9-3-4-10-19/h1-2,5-8,11-12H,3-4,9-10,13H2,(H,21,22)(H,23,24)/p+1. The van der Waals surface area contributed by atoms with Crippen LogP contribution in [-0.2, 0) is 6.42 Å². The summed E-state index contributed by atoms with van der Waals surface area (Å²) in [5, 5.41) is 0. The van der Waals surface area contributed by atoms with Crippen molar-refractivity contribution in [2.24, 2.45) is 4.99 Å². The summed E-state index contributed by atoms with van der Waals surface area (Å²) in [4.78, 5) is 20.2. The number of carbonyl (C=O) groups is 1. The first kappa shape index (κ1) is 14.9. The Bertz CT molecular complexity index is 779. The average Bonchev–Trinajstić information content (AvgIpc) is 3.07. The number of nitrogens with one attached hydrogen (secondary N) is 3. The highest BCUT2D eigenvalue weighted by Gasteiger charge is 2.37. The normalized spacial score (nSPS) is 17.9. The Morgan fingerprint density at radius 3 is 2.62 bits per heavy atom. The number of amides is 1. The number of aliphatic imine (C=N–C) groups is 1. The number of pyridine rings is 1. The van der Waals surface area contributed by atoms with Gasteiger partial charge in [-0.2, -0.15) is 0 Å². The predicted octanol–water partition coefficient (Wildman–Crippen LogP) is 2.05. The first-order valence-electron chi connectivity index (χ1n) is 8.46. The van der Waals surface area contributed by atoms with E-state index in [0.717, 1.165) is 30.7 Å². The Labute approximate surface area is 141 Å². The zero-order chi connectivity index (χ0) is 16.4. The maximum Gasteiger partial charge on any atom is 0.270 e. The van der Waals surface area contributed by atoms with E-state index in [2.05, 4.69) is 34.0 Å². The molecule has 2 aromatic rings. The lowest BCUT2D eigenvalue weighted by atomic mass is 9.84. The largest absolute Gasteiger partial charge is 0.281 e. The van der Waals surface area contributed by atoms with Gasteiger partial charge in [-0.25, -0.2) is 4.98 Å². The van der Waals surface area contributed by atoms with Gasteiger partial charge in [0.2, 0.25) is 0 Å². The summed E-state index contributed by atoms with van der Waals surface area (Å²) in [6.45, 7) is 0. The van der Waals surface area contributed by atoms with Crippen LogP contribution < -0.4 is 15.8 Å². The van der Waals surface area contributed by atoms with Crippen LogP contribution in [0.25, 0.3) is 0 Å². The van der Waals surface area contributed by atoms with Gasteiger partial charge >= 0.3 is 0 Å². The Balaban J connectivity index is 1.58. The molecule has 1 fully saturated rings. The van der Waals surface area contributed by atoms with Crippen molar-refractivity contribution in [3.8, 4) is 0 Å². The second-order valence-corrected chi connectivity index (χ2v) is 6.59. The first-order chi connectivity index (χ1) is 11.8. The number of nitrogens with zero attached hydrogens (tertiary/aromatic N) is 1. The third kappa shape index (κ3) is 2.77. The number of rotatable bonds is 1. The number of fused-ring (bicyclic) bond motifs is 1. The summed E-state index contributed by atoms with van der Waals surface area (Å²) in [6, 6.07) is 11.8. The molecular formula is C19H21N4O+. The lowest BCUT2D eigenvalue weighted by Gasteiger charge is -2.32. The van der Waals surface area contributed by atoms with Gasteiger partial charge in [-0.1, -0.05) is 37.1 Å². The number of hydrogen-bond donors (Lipinski definition) is 2. The van der Waals surface area contributed by atoms with E-state index in [-0.39, 0.29) is 11.4 Å². The molecule has 5 heteroatoms. The van der Waals surface area contributed by atoms with Crippen LogP contribution in [0.4, 0.5) is 0 Å². The molecule has 4 rings (SSSR count). The van der Waals surface area contributed by atoms with E-state index in [1.807, 2.05) is 6.07 Å². The maximum atomic E-state index is 12.3. The summed E-state index contributed by atoms with van der Waals surface area (Å²) in [6.07, 6.45) is 9.16. The number of aromatic nitrogens is 1. The van der Waals surface area contributed by atoms with E-state index in [4.69, 9.17) is 4.99 Å². The Kier molecular flexibility index (Phi) is 3.76. The predicted molar refractivity (Wildman–Crippen MR) is 91.5 cm³/mol. The molecule has 1 saturated carbocycles. The zero-order valence-electron chi connectivity index (χ0n) is 13.5. The minimum Gasteiger partial charge on any atom is -0.281 e. The minimum atomic E-state index is -0.171. The van der Waals surface area contributed by atoms with Crippen LogP contribution in [0.2, 0.25) is 0 Å². The molecule has 2 heterocycles. The van der Waals surface area contributed by atoms with Gasteiger partial charge in [0.15, 0.2) is 12.4 Å². The van der Waals surface area contributed by atoms with Crippen molar-refractivity contribution in [2.75, 3.05) is 0 Å². The number of hydrazine groups is 1. The number of carbonyl (C=O) groups excluding carboxylic acids is 1. The first-order valence-corrected chi connectivity index (χ1v) is 8.46. The van der Waals surface area contributed by atoms with Gasteiger partial charge in [0.1, 0.15) is 5.84 Å². The van der Waals surface area contributed by atoms with E-state index in [0.29, 0.717) is 5.56 Å². The van der Waals surface area contributed by atoms with Crippen LogP contribution in [0.5, 0.6) is 0 Å². The van der Waals surface area contributed by atoms with Crippen molar-refractivity contribution in [3.63, 3.8) is 0 Å². The van der Waals surface area contributed by atoms with Crippen LogP contribution in [-0.4, -0.2) is 17.3 Å². The van der Waals surface area contributed by atoms with Crippen LogP contribution >= 0.6 is 0 Å². The van der Waals surface area contributed by atoms with Gasteiger partial charge in [0.05, 0.1) is 11.1 Å². The molecule has 1 aliphatic carbocycles. The molecule has 1 amide bonds. The highest BCUT2D eigenvalue weighted by atomic mass is 16.2. The zero-order valence-corrected chi connectivity index (χ0v) is 13.5. The van der Waals surface area contributed by atoms with Crippen LogP contribution in [0.3, 0.4) is 0 Å². The van der Waals surface area contributed by atoms with Gasteiger partial charge in [0.25, 0.3) is 5.91 Å². The van der Waals surface area contributed by atoms with E-state index >= 15 is 0 Å². The number of amidine groups is 1. The molecule has 0 atom stereocenters. The van der Waals surface area contributed by atoms with E-state index < -0.39 is 0 Å². The van der Waals surface area contributed by atoms with Crippen LogP contribution in [0, 0.1) is 0 Å². The lowest BCUT2D eigenvalue weighted by Crippen LogP contribution is -2.46. The van der Waals surface area contributed by atoms with E-state index in [1.165, 1.54) is 18.4 Å². The minimum absolute atomic E-state index is 0.00310. The van der Waals surface area contributed by atoms with Crippen molar-refractivity contribution in [2.45, 2.75) is 37.6 Å². The molecule has 1 aromatic heterocycles. The topological polar surface area (TPSA) is 67.6 Å². The van der Waals surface area contributed by atoms with Gasteiger partial charge < -0.3 is 0 Å². The van der Waals surface area contributed by atoms with Gasteiger partial charge in [-0.3, -0.25) is 20.6 Å². The van der Waals surface area contributed by atoms with Gasteiger partial charge in [-0.05, 0) is 24.8 Å². The number of benzene rings is 1. The maximum absolute atomic E-state index is 12.3. The highest BCUT2D eigenvalue weighted by molar-refractivity contribution is 6.03. The number of H-pyrrole nitrogens is 1. The molecule has 1 aliphatic heterocycles. The Hall–Kier alpha value is -2.69. The summed E-state index contributed by atoms with van der Waals surface area (Å²) in [5.74, 6) is 0.602. The van der Waals surface area contributed by atoms with Crippen molar-refractivity contribution in [3.05, 3.63) is 65.5 Å². The molecule has 1 spiro atoms. The molecule has 0 bridgehead atoms. The van der Waals surface area contributed by atoms with Crippen molar-refractivity contribution in [1.29, 1.82) is 0 Å². The molecule has 2 aliphatic rings. The van der Waals surface area contributed by atoms with Crippen LogP contribution in [0.15, 0.2) is 53.8 Å². The summed E-state index contributed by atoms with van der Waals surface area (Å²) in [7, 11) is 0. The third-order valence-corrected chi connectivity index (χ3v) is 4.95. The SMILES string of the molecule is O=C(NNC1=NC2(CCCC2)Cc2ccccc21)c1cc[nH+]cc1. The van der Waals surface area contributed by atoms with E-state index in [1.54, 1.807) is 24.5 Å². The number of aromatic amines is 1. The Morgan fingerprint density at radius 1 is 1.08 bits per heavy atom. The third-order valence-electron chi connectivity index (χ3n) is 4.95. The fraction of sp³-hybridized carbons (Fsp3) is 0.316. The quantitative estimate of drug-likeness (QED) is 0.790. The van der Waals surface area contributed by atoms with Crippen molar-refractivity contribution in [1.82, 2.24) is 10.9 Å². The van der Waals surface area contributed by atoms with Crippen LogP contribution in [0.1, 0.15) is 47.2 Å². The molecular weight excluding hydrogens is 300 g/mol. The second kappa shape index (κ2) is 6.07. The monoisotopic (exact) mass is 321 g/mol. The highest BCUT2D eigenvalue weighted by Crippen LogP contribution is 2.39. The molecule has 0 saturated heterocycles. The molecule has 0 unspecified atom stereocenters. The fourth-order valence-corrected chi connectivity index (χ4v) is 3.74. The van der Waals surface area contributed by atoms with E-state index in [9.17, 15) is 4.79 Å². The van der Waals surface area contributed by atoms with Gasteiger partial charge in [0, 0.05) is 17.7 Å². The summed E-state index contributed by atoms with van der Waals surface area (Å²) >= 11 is 0. The second-order valence-electron chi connectivity index (χ2n) is 6.59. The number of hydrogen-bond acceptors (Lipinski definition) is 3. The molecule has 0 radical (unpaired) electrons.